The predicted molar refractivity (Wildman–Crippen MR) is 138 cm³/mol. The first-order valence-electron chi connectivity index (χ1n) is 12.5. The van der Waals surface area contributed by atoms with Gasteiger partial charge in [-0.2, -0.15) is 0 Å². The lowest BCUT2D eigenvalue weighted by molar-refractivity contribution is 0.0773. The Hall–Kier alpha value is -3.85. The molecular weight excluding hydrogens is 452 g/mol. The Morgan fingerprint density at radius 1 is 1.11 bits per heavy atom. The fraction of sp³-hybridized carbons (Fsp3) is 0.370. The number of carbonyl (C=O) groups excluding carboxylic acids is 1. The molecule has 1 fully saturated rings. The summed E-state index contributed by atoms with van der Waals surface area (Å²) in [5.74, 6) is 1.09. The van der Waals surface area contributed by atoms with E-state index in [1.807, 2.05) is 29.3 Å². The molecule has 0 spiro atoms. The number of benzene rings is 2. The van der Waals surface area contributed by atoms with Crippen molar-refractivity contribution in [3.63, 3.8) is 0 Å². The number of H-pyrrole nitrogens is 1. The maximum atomic E-state index is 13.2. The van der Waals surface area contributed by atoms with E-state index in [2.05, 4.69) is 69.6 Å². The van der Waals surface area contributed by atoms with Crippen molar-refractivity contribution in [2.75, 3.05) is 25.0 Å². The zero-order chi connectivity index (χ0) is 24.8. The Morgan fingerprint density at radius 2 is 1.94 bits per heavy atom. The summed E-state index contributed by atoms with van der Waals surface area (Å²) in [6, 6.07) is 12.2. The van der Waals surface area contributed by atoms with Crippen molar-refractivity contribution in [2.45, 2.75) is 39.8 Å². The molecule has 9 heteroatoms. The van der Waals surface area contributed by atoms with Crippen molar-refractivity contribution < 1.29 is 4.79 Å². The summed E-state index contributed by atoms with van der Waals surface area (Å²) in [6.07, 6.45) is 2.83. The number of aromatic nitrogens is 5. The van der Waals surface area contributed by atoms with Crippen LogP contribution in [0.25, 0.3) is 11.0 Å². The van der Waals surface area contributed by atoms with Gasteiger partial charge in [0.2, 0.25) is 5.95 Å². The van der Waals surface area contributed by atoms with Crippen LogP contribution in [0.3, 0.4) is 0 Å². The smallest absolute Gasteiger partial charge is 0.253 e. The Kier molecular flexibility index (Phi) is 5.64. The number of anilines is 2. The quantitative estimate of drug-likeness (QED) is 0.458. The minimum atomic E-state index is 0.0590. The lowest BCUT2D eigenvalue weighted by Gasteiger charge is -2.34. The van der Waals surface area contributed by atoms with E-state index in [4.69, 9.17) is 4.98 Å². The van der Waals surface area contributed by atoms with Gasteiger partial charge in [-0.05, 0) is 61.2 Å². The Bertz CT molecular complexity index is 1430. The lowest BCUT2D eigenvalue weighted by Crippen LogP contribution is -2.44. The molecule has 2 aliphatic rings. The molecule has 184 valence electrons. The van der Waals surface area contributed by atoms with E-state index in [0.717, 1.165) is 55.0 Å². The number of nitrogens with one attached hydrogen (secondary N) is 2. The molecule has 2 aromatic heterocycles. The first kappa shape index (κ1) is 22.6. The van der Waals surface area contributed by atoms with Crippen LogP contribution >= 0.6 is 0 Å². The van der Waals surface area contributed by atoms with Gasteiger partial charge in [0, 0.05) is 61.7 Å². The summed E-state index contributed by atoms with van der Waals surface area (Å²) in [6.45, 7) is 9.63. The summed E-state index contributed by atoms with van der Waals surface area (Å²) < 4.78 is 0. The predicted octanol–water partition coefficient (Wildman–Crippen LogP) is 3.63. The number of nitrogens with zero attached hydrogens (tertiary/aromatic N) is 6. The Balaban J connectivity index is 1.13. The van der Waals surface area contributed by atoms with Crippen LogP contribution in [0.2, 0.25) is 0 Å². The second kappa shape index (κ2) is 8.98. The number of amides is 1. The van der Waals surface area contributed by atoms with Gasteiger partial charge in [0.15, 0.2) is 0 Å². The molecule has 4 heterocycles. The van der Waals surface area contributed by atoms with Gasteiger partial charge in [-0.3, -0.25) is 14.8 Å². The zero-order valence-corrected chi connectivity index (χ0v) is 20.8. The number of likely N-dealkylation sites (tertiary alicyclic amines) is 1. The van der Waals surface area contributed by atoms with Crippen molar-refractivity contribution in [3.05, 3.63) is 70.5 Å². The van der Waals surface area contributed by atoms with Gasteiger partial charge in [-0.15, -0.1) is 5.10 Å². The molecule has 4 aromatic rings. The minimum absolute atomic E-state index is 0.0590. The fourth-order valence-corrected chi connectivity index (χ4v) is 5.61. The van der Waals surface area contributed by atoms with Gasteiger partial charge in [-0.1, -0.05) is 18.2 Å². The summed E-state index contributed by atoms with van der Waals surface area (Å²) in [5, 5.41) is 14.0. The molecule has 0 bridgehead atoms. The van der Waals surface area contributed by atoms with Gasteiger partial charge in [0.05, 0.1) is 11.2 Å². The number of carbonyl (C=O) groups is 1. The van der Waals surface area contributed by atoms with Crippen LogP contribution in [-0.2, 0) is 13.0 Å². The number of hydrogen-bond donors (Lipinski definition) is 2. The van der Waals surface area contributed by atoms with E-state index >= 15 is 0 Å². The van der Waals surface area contributed by atoms with E-state index in [0.29, 0.717) is 23.5 Å². The van der Waals surface area contributed by atoms with E-state index in [9.17, 15) is 4.79 Å². The third-order valence-corrected chi connectivity index (χ3v) is 7.34. The molecule has 1 amide bonds. The van der Waals surface area contributed by atoms with Crippen LogP contribution in [0.15, 0.2) is 42.6 Å². The molecule has 9 nitrogen and oxygen atoms in total. The molecule has 36 heavy (non-hydrogen) atoms. The van der Waals surface area contributed by atoms with E-state index in [1.165, 1.54) is 16.7 Å². The standard InChI is InChI=1S/C27H30N8O/c1-16-8-17(2)10-21(9-16)29-27-28-12-20-14-34(7-6-22(20)30-27)25-15-35(13-18(25)3)26(36)19-4-5-23-24(11-19)32-33-31-23/h4-5,8-12,18,25H,6-7,13-15H2,1-3H3,(H,28,29,30)(H,31,32,33). The van der Waals surface area contributed by atoms with Crippen LogP contribution in [0.1, 0.15) is 39.7 Å². The molecule has 6 rings (SSSR count). The Morgan fingerprint density at radius 3 is 2.78 bits per heavy atom. The van der Waals surface area contributed by atoms with Crippen molar-refractivity contribution in [1.82, 2.24) is 35.2 Å². The molecule has 2 atom stereocenters. The second-order valence-electron chi connectivity index (χ2n) is 10.2. The van der Waals surface area contributed by atoms with Gasteiger partial charge in [0.1, 0.15) is 5.52 Å². The SMILES string of the molecule is Cc1cc(C)cc(Nc2ncc3c(n2)CCN(C2CN(C(=O)c4ccc5nn[nH]c5c4)CC2C)C3)c1. The fourth-order valence-electron chi connectivity index (χ4n) is 5.61. The molecule has 1 saturated heterocycles. The molecule has 2 aromatic carbocycles. The number of rotatable bonds is 4. The molecule has 0 radical (unpaired) electrons. The molecule has 0 saturated carbocycles. The molecule has 2 aliphatic heterocycles. The third-order valence-electron chi connectivity index (χ3n) is 7.34. The van der Waals surface area contributed by atoms with Gasteiger partial charge in [-0.25, -0.2) is 9.97 Å². The lowest BCUT2D eigenvalue weighted by atomic mass is 10.00. The second-order valence-corrected chi connectivity index (χ2v) is 10.2. The van der Waals surface area contributed by atoms with Crippen LogP contribution < -0.4 is 5.32 Å². The zero-order valence-electron chi connectivity index (χ0n) is 20.8. The molecule has 0 aliphatic carbocycles. The maximum Gasteiger partial charge on any atom is 0.253 e. The van der Waals surface area contributed by atoms with Crippen molar-refractivity contribution in [3.8, 4) is 0 Å². The van der Waals surface area contributed by atoms with Gasteiger partial charge >= 0.3 is 0 Å². The highest BCUT2D eigenvalue weighted by molar-refractivity contribution is 5.97. The summed E-state index contributed by atoms with van der Waals surface area (Å²) in [4.78, 5) is 27.1. The number of hydrogen-bond acceptors (Lipinski definition) is 7. The van der Waals surface area contributed by atoms with Gasteiger partial charge in [0.25, 0.3) is 5.91 Å². The highest BCUT2D eigenvalue weighted by Crippen LogP contribution is 2.29. The minimum Gasteiger partial charge on any atom is -0.337 e. The summed E-state index contributed by atoms with van der Waals surface area (Å²) in [7, 11) is 0. The van der Waals surface area contributed by atoms with E-state index in [1.54, 1.807) is 0 Å². The number of fused-ring (bicyclic) bond motifs is 2. The van der Waals surface area contributed by atoms with Crippen LogP contribution in [-0.4, -0.2) is 66.8 Å². The highest BCUT2D eigenvalue weighted by Gasteiger charge is 2.37. The molecule has 2 N–H and O–H groups in total. The topological polar surface area (TPSA) is 103 Å². The van der Waals surface area contributed by atoms with Crippen LogP contribution in [0, 0.1) is 19.8 Å². The monoisotopic (exact) mass is 482 g/mol. The van der Waals surface area contributed by atoms with Crippen molar-refractivity contribution >= 4 is 28.6 Å². The summed E-state index contributed by atoms with van der Waals surface area (Å²) in [5.41, 5.74) is 7.92. The number of aromatic amines is 1. The van der Waals surface area contributed by atoms with Crippen molar-refractivity contribution in [2.24, 2.45) is 5.92 Å². The third kappa shape index (κ3) is 4.30. The molecule has 2 unspecified atom stereocenters. The first-order chi connectivity index (χ1) is 17.4. The van der Waals surface area contributed by atoms with Gasteiger partial charge < -0.3 is 10.2 Å². The van der Waals surface area contributed by atoms with E-state index < -0.39 is 0 Å². The van der Waals surface area contributed by atoms with Crippen LogP contribution in [0.5, 0.6) is 0 Å². The number of aryl methyl sites for hydroxylation is 2. The first-order valence-corrected chi connectivity index (χ1v) is 12.5. The summed E-state index contributed by atoms with van der Waals surface area (Å²) >= 11 is 0. The van der Waals surface area contributed by atoms with Crippen molar-refractivity contribution in [1.29, 1.82) is 0 Å². The highest BCUT2D eigenvalue weighted by atomic mass is 16.2. The average molecular weight is 483 g/mol. The average Bonchev–Trinajstić information content (AvgIpc) is 3.48. The normalized spacial score (nSPS) is 20.0. The molecular formula is C27H30N8O. The van der Waals surface area contributed by atoms with Crippen LogP contribution in [0.4, 0.5) is 11.6 Å². The maximum absolute atomic E-state index is 13.2. The Labute approximate surface area is 209 Å². The van der Waals surface area contributed by atoms with E-state index in [-0.39, 0.29) is 5.91 Å². The largest absolute Gasteiger partial charge is 0.337 e.